The molecule has 2 bridgehead atoms. The van der Waals surface area contributed by atoms with Crippen molar-refractivity contribution in [2.24, 2.45) is 5.41 Å². The van der Waals surface area contributed by atoms with Gasteiger partial charge >= 0.3 is 0 Å². The number of para-hydroxylation sites is 1. The summed E-state index contributed by atoms with van der Waals surface area (Å²) in [6.07, 6.45) is 3.91. The minimum atomic E-state index is -0.395. The lowest BCUT2D eigenvalue weighted by Crippen LogP contribution is -2.49. The molecule has 148 valence electrons. The average molecular weight is 389 g/mol. The van der Waals surface area contributed by atoms with Crippen LogP contribution in [0.15, 0.2) is 36.7 Å². The Hall–Kier alpha value is -3.14. The van der Waals surface area contributed by atoms with Crippen LogP contribution in [0.5, 0.6) is 5.75 Å². The molecule has 2 fully saturated rings. The predicted molar refractivity (Wildman–Crippen MR) is 106 cm³/mol. The molecule has 2 aromatic rings. The Morgan fingerprint density at radius 1 is 1.28 bits per heavy atom. The summed E-state index contributed by atoms with van der Waals surface area (Å²) in [5.41, 5.74) is 1.09. The second-order valence-corrected chi connectivity index (χ2v) is 8.41. The third-order valence-electron chi connectivity index (χ3n) is 6.57. The monoisotopic (exact) mass is 389 g/mol. The second-order valence-electron chi connectivity index (χ2n) is 8.41. The molecule has 0 unspecified atom stereocenters. The minimum absolute atomic E-state index is 0.0907. The molecule has 29 heavy (non-hydrogen) atoms. The van der Waals surface area contributed by atoms with Gasteiger partial charge in [-0.05, 0) is 18.9 Å². The van der Waals surface area contributed by atoms with E-state index in [1.807, 2.05) is 23.1 Å². The first kappa shape index (κ1) is 17.9. The van der Waals surface area contributed by atoms with Crippen molar-refractivity contribution in [3.8, 4) is 11.8 Å². The van der Waals surface area contributed by atoms with Gasteiger partial charge in [0.2, 0.25) is 5.91 Å². The van der Waals surface area contributed by atoms with Crippen LogP contribution in [0.25, 0.3) is 0 Å². The van der Waals surface area contributed by atoms with Gasteiger partial charge in [0.25, 0.3) is 0 Å². The first-order valence-electron chi connectivity index (χ1n) is 10.1. The van der Waals surface area contributed by atoms with Crippen LogP contribution in [0.3, 0.4) is 0 Å². The van der Waals surface area contributed by atoms with Gasteiger partial charge in [0.05, 0.1) is 12.6 Å². The van der Waals surface area contributed by atoms with E-state index in [1.54, 1.807) is 6.07 Å². The molecule has 0 spiro atoms. The predicted octanol–water partition coefficient (Wildman–Crippen LogP) is 2.69. The van der Waals surface area contributed by atoms with Crippen molar-refractivity contribution in [3.05, 3.63) is 47.9 Å². The van der Waals surface area contributed by atoms with E-state index in [-0.39, 0.29) is 18.1 Å². The zero-order valence-electron chi connectivity index (χ0n) is 16.4. The van der Waals surface area contributed by atoms with Crippen LogP contribution in [0, 0.1) is 16.7 Å². The highest BCUT2D eigenvalue weighted by Gasteiger charge is 2.48. The fourth-order valence-electron chi connectivity index (χ4n) is 4.82. The summed E-state index contributed by atoms with van der Waals surface area (Å²) in [6, 6.07) is 12.0. The Bertz CT molecular complexity index is 993. The fraction of sp³-hybridized carbons (Fsp3) is 0.455. The van der Waals surface area contributed by atoms with Crippen LogP contribution in [0.1, 0.15) is 43.5 Å². The second kappa shape index (κ2) is 6.73. The van der Waals surface area contributed by atoms with Gasteiger partial charge in [0, 0.05) is 36.6 Å². The van der Waals surface area contributed by atoms with Gasteiger partial charge in [-0.1, -0.05) is 25.1 Å². The molecule has 2 saturated heterocycles. The molecule has 4 heterocycles. The SMILES string of the molecule is CC1(C(=O)N2C[C@@H]3C[C@H]2c2ccccc2O3)CCN(c2cc(C#N)ncn2)CC1. The van der Waals surface area contributed by atoms with E-state index in [0.717, 1.165) is 49.5 Å². The Kier molecular flexibility index (Phi) is 4.16. The molecule has 0 N–H and O–H groups in total. The van der Waals surface area contributed by atoms with E-state index in [4.69, 9.17) is 10.00 Å². The van der Waals surface area contributed by atoms with Crippen molar-refractivity contribution in [1.29, 1.82) is 5.26 Å². The third-order valence-corrected chi connectivity index (χ3v) is 6.57. The number of anilines is 1. The maximum Gasteiger partial charge on any atom is 0.229 e. The fourth-order valence-corrected chi connectivity index (χ4v) is 4.82. The number of fused-ring (bicyclic) bond motifs is 4. The number of hydrogen-bond donors (Lipinski definition) is 0. The number of carbonyl (C=O) groups excluding carboxylic acids is 1. The van der Waals surface area contributed by atoms with Gasteiger partial charge in [-0.15, -0.1) is 0 Å². The molecule has 5 rings (SSSR count). The molecular weight excluding hydrogens is 366 g/mol. The number of nitriles is 1. The molecule has 1 aromatic heterocycles. The van der Waals surface area contributed by atoms with Gasteiger partial charge in [0.1, 0.15) is 35.8 Å². The van der Waals surface area contributed by atoms with Gasteiger partial charge in [-0.2, -0.15) is 5.26 Å². The summed E-state index contributed by atoms with van der Waals surface area (Å²) in [5.74, 6) is 1.90. The number of amides is 1. The molecule has 7 heteroatoms. The quantitative estimate of drug-likeness (QED) is 0.785. The number of carbonyl (C=O) groups is 1. The number of benzene rings is 1. The average Bonchev–Trinajstić information content (AvgIpc) is 3.11. The maximum atomic E-state index is 13.6. The summed E-state index contributed by atoms with van der Waals surface area (Å²) in [7, 11) is 0. The maximum absolute atomic E-state index is 13.6. The largest absolute Gasteiger partial charge is 0.488 e. The number of likely N-dealkylation sites (tertiary alicyclic amines) is 1. The molecule has 3 aliphatic heterocycles. The van der Waals surface area contributed by atoms with E-state index >= 15 is 0 Å². The first-order chi connectivity index (χ1) is 14.1. The molecule has 0 saturated carbocycles. The summed E-state index contributed by atoms with van der Waals surface area (Å²) < 4.78 is 6.08. The Morgan fingerprint density at radius 3 is 2.86 bits per heavy atom. The smallest absolute Gasteiger partial charge is 0.229 e. The molecule has 0 aliphatic carbocycles. The molecule has 1 amide bonds. The highest BCUT2D eigenvalue weighted by molar-refractivity contribution is 5.84. The lowest BCUT2D eigenvalue weighted by atomic mass is 9.78. The molecule has 1 aromatic carbocycles. The Labute approximate surface area is 169 Å². The van der Waals surface area contributed by atoms with Gasteiger partial charge in [-0.25, -0.2) is 9.97 Å². The number of nitrogens with zero attached hydrogens (tertiary/aromatic N) is 5. The first-order valence-corrected chi connectivity index (χ1v) is 10.1. The normalized spacial score (nSPS) is 24.4. The van der Waals surface area contributed by atoms with Crippen molar-refractivity contribution >= 4 is 11.7 Å². The van der Waals surface area contributed by atoms with Crippen LogP contribution in [0.2, 0.25) is 0 Å². The zero-order chi connectivity index (χ0) is 20.0. The molecule has 3 aliphatic rings. The van der Waals surface area contributed by atoms with E-state index in [2.05, 4.69) is 33.9 Å². The summed E-state index contributed by atoms with van der Waals surface area (Å²) in [5, 5.41) is 9.06. The lowest BCUT2D eigenvalue weighted by Gasteiger charge is -2.41. The van der Waals surface area contributed by atoms with Gasteiger partial charge < -0.3 is 14.5 Å². The molecule has 0 radical (unpaired) electrons. The Balaban J connectivity index is 1.32. The molecule has 7 nitrogen and oxygen atoms in total. The number of hydrogen-bond acceptors (Lipinski definition) is 6. The third kappa shape index (κ3) is 3.00. The number of ether oxygens (including phenoxy) is 1. The van der Waals surface area contributed by atoms with Crippen molar-refractivity contribution in [3.63, 3.8) is 0 Å². The van der Waals surface area contributed by atoms with Crippen LogP contribution in [-0.4, -0.2) is 46.5 Å². The van der Waals surface area contributed by atoms with Crippen LogP contribution in [0.4, 0.5) is 5.82 Å². The number of rotatable bonds is 2. The van der Waals surface area contributed by atoms with E-state index in [1.165, 1.54) is 6.33 Å². The standard InChI is InChI=1S/C22H23N5O2/c1-22(6-8-26(9-7-22)20-10-15(12-23)24-14-25-20)21(28)27-13-16-11-18(27)17-4-2-3-5-19(17)29-16/h2-5,10,14,16,18H,6-9,11,13H2,1H3/t16-,18-/m0/s1. The number of piperidine rings is 1. The van der Waals surface area contributed by atoms with E-state index < -0.39 is 5.41 Å². The summed E-state index contributed by atoms with van der Waals surface area (Å²) >= 11 is 0. The molecule has 2 atom stereocenters. The van der Waals surface area contributed by atoms with Crippen molar-refractivity contribution in [2.75, 3.05) is 24.5 Å². The zero-order valence-corrected chi connectivity index (χ0v) is 16.4. The topological polar surface area (TPSA) is 82.4 Å². The van der Waals surface area contributed by atoms with Crippen molar-refractivity contribution in [2.45, 2.75) is 38.3 Å². The highest BCUT2D eigenvalue weighted by atomic mass is 16.5. The van der Waals surface area contributed by atoms with Crippen LogP contribution < -0.4 is 9.64 Å². The summed E-state index contributed by atoms with van der Waals surface area (Å²) in [6.45, 7) is 4.22. The van der Waals surface area contributed by atoms with E-state index in [0.29, 0.717) is 12.2 Å². The molecular formula is C22H23N5O2. The van der Waals surface area contributed by atoms with Gasteiger partial charge in [0.15, 0.2) is 0 Å². The minimum Gasteiger partial charge on any atom is -0.488 e. The highest BCUT2D eigenvalue weighted by Crippen LogP contribution is 2.46. The Morgan fingerprint density at radius 2 is 2.07 bits per heavy atom. The van der Waals surface area contributed by atoms with Crippen molar-refractivity contribution in [1.82, 2.24) is 14.9 Å². The summed E-state index contributed by atoms with van der Waals surface area (Å²) in [4.78, 5) is 26.0. The van der Waals surface area contributed by atoms with E-state index in [9.17, 15) is 4.79 Å². The lowest BCUT2D eigenvalue weighted by molar-refractivity contribution is -0.143. The number of aromatic nitrogens is 2. The van der Waals surface area contributed by atoms with Gasteiger partial charge in [-0.3, -0.25) is 4.79 Å². The van der Waals surface area contributed by atoms with Crippen LogP contribution >= 0.6 is 0 Å². The van der Waals surface area contributed by atoms with Crippen LogP contribution in [-0.2, 0) is 4.79 Å². The van der Waals surface area contributed by atoms with Crippen molar-refractivity contribution < 1.29 is 9.53 Å².